The highest BCUT2D eigenvalue weighted by atomic mass is 35.5. The van der Waals surface area contributed by atoms with E-state index in [4.69, 9.17) is 25.8 Å². The van der Waals surface area contributed by atoms with Crippen LogP contribution in [0, 0.1) is 0 Å². The molecule has 1 aliphatic heterocycles. The van der Waals surface area contributed by atoms with Crippen molar-refractivity contribution in [3.8, 4) is 5.88 Å². The van der Waals surface area contributed by atoms with Crippen LogP contribution in [0.2, 0.25) is 5.02 Å². The predicted molar refractivity (Wildman–Crippen MR) is 81.9 cm³/mol. The summed E-state index contributed by atoms with van der Waals surface area (Å²) < 4.78 is 17.2. The summed E-state index contributed by atoms with van der Waals surface area (Å²) in [5.74, 6) is 0.334. The van der Waals surface area contributed by atoms with Gasteiger partial charge < -0.3 is 14.2 Å². The first-order valence-corrected chi connectivity index (χ1v) is 7.60. The molecular formula is C16H17ClN2O3. The van der Waals surface area contributed by atoms with E-state index in [9.17, 15) is 0 Å². The van der Waals surface area contributed by atoms with Gasteiger partial charge in [0.15, 0.2) is 0 Å². The average molecular weight is 321 g/mol. The van der Waals surface area contributed by atoms with Crippen LogP contribution in [-0.2, 0) is 15.9 Å². The highest BCUT2D eigenvalue weighted by molar-refractivity contribution is 6.32. The second-order valence-electron chi connectivity index (χ2n) is 4.91. The maximum Gasteiger partial charge on any atom is 0.238 e. The molecule has 1 aromatic heterocycles. The average Bonchev–Trinajstić information content (AvgIpc) is 2.58. The molecule has 0 saturated carbocycles. The second kappa shape index (κ2) is 7.05. The lowest BCUT2D eigenvalue weighted by Crippen LogP contribution is -2.35. The summed E-state index contributed by atoms with van der Waals surface area (Å²) in [5.41, 5.74) is 1.85. The van der Waals surface area contributed by atoms with E-state index in [1.54, 1.807) is 0 Å². The van der Waals surface area contributed by atoms with Crippen molar-refractivity contribution in [2.75, 3.05) is 13.2 Å². The Morgan fingerprint density at radius 1 is 1.18 bits per heavy atom. The van der Waals surface area contributed by atoms with Crippen molar-refractivity contribution < 1.29 is 14.2 Å². The number of hydrogen-bond donors (Lipinski definition) is 0. The van der Waals surface area contributed by atoms with E-state index in [1.807, 2.05) is 37.3 Å². The minimum atomic E-state index is -0.517. The Morgan fingerprint density at radius 3 is 2.68 bits per heavy atom. The number of benzene rings is 1. The van der Waals surface area contributed by atoms with Gasteiger partial charge in [0.25, 0.3) is 0 Å². The highest BCUT2D eigenvalue weighted by Gasteiger charge is 2.26. The van der Waals surface area contributed by atoms with E-state index < -0.39 is 6.29 Å². The van der Waals surface area contributed by atoms with Crippen LogP contribution in [0.3, 0.4) is 0 Å². The lowest BCUT2D eigenvalue weighted by molar-refractivity contribution is -0.203. The molecule has 0 unspecified atom stereocenters. The molecule has 1 aromatic carbocycles. The smallest absolute Gasteiger partial charge is 0.238 e. The molecule has 1 aliphatic rings. The molecule has 0 spiro atoms. The van der Waals surface area contributed by atoms with Gasteiger partial charge in [0.2, 0.25) is 12.2 Å². The van der Waals surface area contributed by atoms with Gasteiger partial charge in [0, 0.05) is 0 Å². The Balaban J connectivity index is 1.61. The van der Waals surface area contributed by atoms with E-state index in [-0.39, 0.29) is 6.10 Å². The van der Waals surface area contributed by atoms with Gasteiger partial charge in [-0.15, -0.1) is 0 Å². The lowest BCUT2D eigenvalue weighted by Gasteiger charge is -2.29. The first kappa shape index (κ1) is 15.2. The number of ether oxygens (including phenoxy) is 3. The van der Waals surface area contributed by atoms with Crippen LogP contribution in [0.15, 0.2) is 36.7 Å². The van der Waals surface area contributed by atoms with Crippen molar-refractivity contribution in [3.05, 3.63) is 52.9 Å². The first-order chi connectivity index (χ1) is 10.8. The molecule has 0 amide bonds. The molecule has 22 heavy (non-hydrogen) atoms. The zero-order valence-corrected chi connectivity index (χ0v) is 13.0. The van der Waals surface area contributed by atoms with E-state index in [0.29, 0.717) is 24.1 Å². The molecule has 2 heterocycles. The fourth-order valence-electron chi connectivity index (χ4n) is 2.25. The Kier molecular flexibility index (Phi) is 4.87. The minimum Gasteiger partial charge on any atom is -0.444 e. The van der Waals surface area contributed by atoms with Gasteiger partial charge in [0.1, 0.15) is 24.1 Å². The van der Waals surface area contributed by atoms with Crippen LogP contribution >= 0.6 is 11.6 Å². The third-order valence-electron chi connectivity index (χ3n) is 3.45. The number of halogens is 1. The number of aryl methyl sites for hydroxylation is 1. The topological polar surface area (TPSA) is 53.5 Å². The van der Waals surface area contributed by atoms with Crippen molar-refractivity contribution >= 4 is 11.6 Å². The van der Waals surface area contributed by atoms with Gasteiger partial charge in [0.05, 0.1) is 12.3 Å². The number of rotatable bonds is 4. The SMILES string of the molecule is CCc1ncnc(O[C@@H]2CO[C@H](c3ccccc3)CO2)c1Cl. The van der Waals surface area contributed by atoms with Crippen molar-refractivity contribution in [3.63, 3.8) is 0 Å². The highest BCUT2D eigenvalue weighted by Crippen LogP contribution is 2.28. The summed E-state index contributed by atoms with van der Waals surface area (Å²) in [7, 11) is 0. The second-order valence-corrected chi connectivity index (χ2v) is 5.28. The molecule has 0 N–H and O–H groups in total. The quantitative estimate of drug-likeness (QED) is 0.866. The van der Waals surface area contributed by atoms with Crippen molar-refractivity contribution in [1.29, 1.82) is 0 Å². The maximum atomic E-state index is 6.21. The lowest BCUT2D eigenvalue weighted by atomic mass is 10.1. The molecule has 0 bridgehead atoms. The molecule has 0 aliphatic carbocycles. The summed E-state index contributed by atoms with van der Waals surface area (Å²) in [4.78, 5) is 8.16. The third kappa shape index (κ3) is 3.38. The van der Waals surface area contributed by atoms with Gasteiger partial charge in [-0.25, -0.2) is 9.97 Å². The van der Waals surface area contributed by atoms with Crippen LogP contribution in [0.1, 0.15) is 24.3 Å². The summed E-state index contributed by atoms with van der Waals surface area (Å²) in [5, 5.41) is 0.429. The Labute approximate surface area is 134 Å². The number of hydrogen-bond acceptors (Lipinski definition) is 5. The molecule has 6 heteroatoms. The molecule has 2 atom stereocenters. The fraction of sp³-hybridized carbons (Fsp3) is 0.375. The largest absolute Gasteiger partial charge is 0.444 e. The summed E-state index contributed by atoms with van der Waals surface area (Å²) in [6, 6.07) is 9.97. The predicted octanol–water partition coefficient (Wildman–Crippen LogP) is 3.19. The summed E-state index contributed by atoms with van der Waals surface area (Å²) in [6.07, 6.45) is 1.57. The van der Waals surface area contributed by atoms with Gasteiger partial charge in [-0.05, 0) is 12.0 Å². The fourth-order valence-corrected chi connectivity index (χ4v) is 2.53. The summed E-state index contributed by atoms with van der Waals surface area (Å²) >= 11 is 6.21. The normalized spacial score (nSPS) is 21.5. The summed E-state index contributed by atoms with van der Waals surface area (Å²) in [6.45, 7) is 2.72. The van der Waals surface area contributed by atoms with Crippen LogP contribution in [-0.4, -0.2) is 29.5 Å². The van der Waals surface area contributed by atoms with E-state index >= 15 is 0 Å². The van der Waals surface area contributed by atoms with Crippen LogP contribution in [0.5, 0.6) is 5.88 Å². The zero-order valence-electron chi connectivity index (χ0n) is 12.2. The Morgan fingerprint density at radius 2 is 2.00 bits per heavy atom. The van der Waals surface area contributed by atoms with Crippen molar-refractivity contribution in [1.82, 2.24) is 9.97 Å². The number of nitrogens with zero attached hydrogens (tertiary/aromatic N) is 2. The first-order valence-electron chi connectivity index (χ1n) is 7.22. The third-order valence-corrected chi connectivity index (χ3v) is 3.83. The van der Waals surface area contributed by atoms with Gasteiger partial charge in [-0.3, -0.25) is 0 Å². The molecule has 1 fully saturated rings. The van der Waals surface area contributed by atoms with Gasteiger partial charge in [-0.1, -0.05) is 48.9 Å². The van der Waals surface area contributed by atoms with Gasteiger partial charge >= 0.3 is 0 Å². The van der Waals surface area contributed by atoms with Crippen molar-refractivity contribution in [2.45, 2.75) is 25.7 Å². The van der Waals surface area contributed by atoms with Crippen LogP contribution in [0.25, 0.3) is 0 Å². The Hall–Kier alpha value is -1.69. The van der Waals surface area contributed by atoms with Crippen LogP contribution in [0.4, 0.5) is 0 Å². The standard InChI is InChI=1S/C16H17ClN2O3/c1-2-12-15(17)16(19-10-18-12)22-14-9-20-13(8-21-14)11-6-4-3-5-7-11/h3-7,10,13-14H,2,8-9H2,1H3/t13-,14+/m0/s1. The van der Waals surface area contributed by atoms with E-state index in [1.165, 1.54) is 6.33 Å². The van der Waals surface area contributed by atoms with E-state index in [0.717, 1.165) is 17.7 Å². The van der Waals surface area contributed by atoms with E-state index in [2.05, 4.69) is 9.97 Å². The molecule has 2 aromatic rings. The molecular weight excluding hydrogens is 304 g/mol. The molecule has 0 radical (unpaired) electrons. The zero-order chi connectivity index (χ0) is 15.4. The Bertz CT molecular complexity index is 616. The molecule has 5 nitrogen and oxygen atoms in total. The monoisotopic (exact) mass is 320 g/mol. The molecule has 116 valence electrons. The van der Waals surface area contributed by atoms with Crippen LogP contribution < -0.4 is 4.74 Å². The molecule has 3 rings (SSSR count). The number of aromatic nitrogens is 2. The minimum absolute atomic E-state index is 0.0758. The van der Waals surface area contributed by atoms with Crippen molar-refractivity contribution in [2.24, 2.45) is 0 Å². The molecule has 1 saturated heterocycles. The van der Waals surface area contributed by atoms with Gasteiger partial charge in [-0.2, -0.15) is 0 Å². The maximum absolute atomic E-state index is 6.21.